The van der Waals surface area contributed by atoms with E-state index in [1.807, 2.05) is 48.5 Å². The van der Waals surface area contributed by atoms with Crippen molar-refractivity contribution < 1.29 is 41.0 Å². The predicted octanol–water partition coefficient (Wildman–Crippen LogP) is 9.38. The van der Waals surface area contributed by atoms with Crippen LogP contribution in [-0.4, -0.2) is 9.97 Å². The summed E-state index contributed by atoms with van der Waals surface area (Å²) in [6.07, 6.45) is 2.42. The molecule has 0 aliphatic rings. The van der Waals surface area contributed by atoms with E-state index >= 15 is 0 Å². The molecule has 1 radical (unpaired) electrons. The first-order chi connectivity index (χ1) is 23.8. The van der Waals surface area contributed by atoms with Crippen molar-refractivity contribution in [2.24, 2.45) is 0 Å². The van der Waals surface area contributed by atoms with Crippen LogP contribution in [0, 0.1) is 39.5 Å². The second-order valence-corrected chi connectivity index (χ2v) is 8.87. The summed E-state index contributed by atoms with van der Waals surface area (Å²) in [5.41, 5.74) is 2.21. The van der Waals surface area contributed by atoms with Gasteiger partial charge in [-0.1, -0.05) is 78.0 Å². The molecule has 0 N–H and O–H groups in total. The number of nitrogens with zero attached hydrogens (tertiary/aromatic N) is 2. The molecule has 3 nitrogen and oxygen atoms in total. The van der Waals surface area contributed by atoms with Crippen LogP contribution in [0.15, 0.2) is 102 Å². The zero-order valence-corrected chi connectivity index (χ0v) is 23.3. The van der Waals surface area contributed by atoms with Gasteiger partial charge < -0.3 is 14.4 Å². The number of hydrogen-bond acceptors (Lipinski definition) is 3. The van der Waals surface area contributed by atoms with Gasteiger partial charge in [-0.25, -0.2) is 0 Å². The predicted molar refractivity (Wildman–Crippen MR) is 161 cm³/mol. The SMILES string of the molecule is [2H]C([2H])([2H])c1ccc(-c2[c-]cccc2)nc1.[2H]C([2H])([2H])c1cnc(-c2[c-]cc(C([2H])([2H])[2H])c3c2oc2c4ccccc4ccc23)cc1C([2H])([2H])[2H].[Ir]. The number of rotatable bonds is 2. The summed E-state index contributed by atoms with van der Waals surface area (Å²) in [5, 5.41) is 2.65. The van der Waals surface area contributed by atoms with E-state index in [0.717, 1.165) is 28.2 Å². The molecular weight excluding hydrogens is 669 g/mol. The van der Waals surface area contributed by atoms with Gasteiger partial charge in [-0.05, 0) is 48.5 Å². The number of aryl methyl sites for hydroxylation is 4. The number of pyridine rings is 2. The van der Waals surface area contributed by atoms with Crippen molar-refractivity contribution in [1.29, 1.82) is 0 Å². The molecule has 0 amide bonds. The van der Waals surface area contributed by atoms with Crippen molar-refractivity contribution in [1.82, 2.24) is 9.97 Å². The molecule has 7 aromatic rings. The molecule has 0 aliphatic heterocycles. The summed E-state index contributed by atoms with van der Waals surface area (Å²) >= 11 is 0. The van der Waals surface area contributed by atoms with Gasteiger partial charge in [0.15, 0.2) is 0 Å². The van der Waals surface area contributed by atoms with Crippen LogP contribution in [0.25, 0.3) is 55.2 Å². The van der Waals surface area contributed by atoms with E-state index in [4.69, 9.17) is 20.9 Å². The summed E-state index contributed by atoms with van der Waals surface area (Å²) in [5.74, 6) is 0. The minimum atomic E-state index is -2.71. The second-order valence-electron chi connectivity index (χ2n) is 8.87. The quantitative estimate of drug-likeness (QED) is 0.168. The summed E-state index contributed by atoms with van der Waals surface area (Å²) in [6, 6.07) is 30.4. The second kappa shape index (κ2) is 11.6. The van der Waals surface area contributed by atoms with Crippen LogP contribution in [0.5, 0.6) is 0 Å². The van der Waals surface area contributed by atoms with E-state index in [1.54, 1.807) is 24.3 Å². The van der Waals surface area contributed by atoms with Gasteiger partial charge in [0, 0.05) is 59.7 Å². The largest absolute Gasteiger partial charge is 0.500 e. The molecule has 40 heavy (non-hydrogen) atoms. The average Bonchev–Trinajstić information content (AvgIpc) is 3.47. The van der Waals surface area contributed by atoms with Crippen molar-refractivity contribution in [3.8, 4) is 22.5 Å². The van der Waals surface area contributed by atoms with E-state index in [0.29, 0.717) is 16.4 Å². The Balaban J connectivity index is 0.000000258. The molecule has 0 spiro atoms. The van der Waals surface area contributed by atoms with Crippen LogP contribution in [-0.2, 0) is 20.1 Å². The molecule has 3 heterocycles. The Morgan fingerprint density at radius 2 is 1.55 bits per heavy atom. The molecule has 0 fully saturated rings. The Hall–Kier alpha value is -4.11. The van der Waals surface area contributed by atoms with Crippen LogP contribution >= 0.6 is 0 Å². The summed E-state index contributed by atoms with van der Waals surface area (Å²) in [6.45, 7) is -9.93. The smallest absolute Gasteiger partial charge is 0.128 e. The number of benzene rings is 4. The van der Waals surface area contributed by atoms with Crippen LogP contribution in [0.2, 0.25) is 0 Å². The minimum absolute atomic E-state index is 0. The maximum Gasteiger partial charge on any atom is 0.128 e. The van der Waals surface area contributed by atoms with Gasteiger partial charge in [-0.15, -0.1) is 53.6 Å². The maximum atomic E-state index is 8.04. The first-order valence-electron chi connectivity index (χ1n) is 18.1. The van der Waals surface area contributed by atoms with Crippen molar-refractivity contribution in [3.05, 3.63) is 132 Å². The molecule has 0 saturated heterocycles. The van der Waals surface area contributed by atoms with Crippen molar-refractivity contribution >= 4 is 32.7 Å². The molecule has 7 rings (SSSR count). The molecule has 199 valence electrons. The normalized spacial score (nSPS) is 16.5. The summed E-state index contributed by atoms with van der Waals surface area (Å²) < 4.78 is 98.7. The zero-order valence-electron chi connectivity index (χ0n) is 32.9. The molecule has 0 atom stereocenters. The van der Waals surface area contributed by atoms with E-state index < -0.39 is 27.4 Å². The van der Waals surface area contributed by atoms with Crippen LogP contribution < -0.4 is 0 Å². The average molecular weight is 709 g/mol. The van der Waals surface area contributed by atoms with Gasteiger partial charge in [0.25, 0.3) is 0 Å². The van der Waals surface area contributed by atoms with Gasteiger partial charge in [-0.3, -0.25) is 0 Å². The Morgan fingerprint density at radius 3 is 2.33 bits per heavy atom. The maximum absolute atomic E-state index is 8.04. The first-order valence-corrected chi connectivity index (χ1v) is 12.1. The van der Waals surface area contributed by atoms with Crippen LogP contribution in [0.1, 0.15) is 38.7 Å². The fourth-order valence-electron chi connectivity index (χ4n) is 4.44. The third kappa shape index (κ3) is 5.21. The molecule has 0 bridgehead atoms. The van der Waals surface area contributed by atoms with Crippen LogP contribution in [0.4, 0.5) is 0 Å². The standard InChI is InChI=1S/C24H18NO.C12H10N.Ir/c1-14-8-10-19(21-12-15(2)16(3)13-25-21)24-22(14)20-11-9-17-6-4-5-7-18(17)23(20)26-24;1-10-7-8-12(13-9-10)11-5-3-2-4-6-11;/h4-9,11-13H,1-3H3;2-5,7-9H,1H3;/q2*-1;/i1D3,2D3,3D3;1D3;. The molecule has 0 saturated carbocycles. The van der Waals surface area contributed by atoms with Gasteiger partial charge in [-0.2, -0.15) is 0 Å². The number of furan rings is 1. The van der Waals surface area contributed by atoms with Gasteiger partial charge >= 0.3 is 0 Å². The fraction of sp³-hybridized carbons (Fsp3) is 0.111. The zero-order chi connectivity index (χ0) is 36.9. The number of fused-ring (bicyclic) bond motifs is 5. The van der Waals surface area contributed by atoms with E-state index in [-0.39, 0.29) is 59.2 Å². The van der Waals surface area contributed by atoms with Gasteiger partial charge in [0.1, 0.15) is 5.58 Å². The monoisotopic (exact) mass is 709 g/mol. The third-order valence-corrected chi connectivity index (χ3v) is 6.35. The Morgan fingerprint density at radius 1 is 0.700 bits per heavy atom. The van der Waals surface area contributed by atoms with Crippen molar-refractivity contribution in [2.75, 3.05) is 0 Å². The molecule has 4 aromatic carbocycles. The Bertz CT molecular complexity index is 2360. The van der Waals surface area contributed by atoms with E-state index in [9.17, 15) is 0 Å². The number of aromatic nitrogens is 2. The van der Waals surface area contributed by atoms with Crippen molar-refractivity contribution in [3.63, 3.8) is 0 Å². The number of hydrogen-bond donors (Lipinski definition) is 0. The Kier molecular flexibility index (Phi) is 4.69. The summed E-state index contributed by atoms with van der Waals surface area (Å²) in [7, 11) is 0. The minimum Gasteiger partial charge on any atom is -0.500 e. The molecule has 0 aliphatic carbocycles. The van der Waals surface area contributed by atoms with Crippen LogP contribution in [0.3, 0.4) is 0 Å². The first kappa shape index (κ1) is 16.2. The van der Waals surface area contributed by atoms with Gasteiger partial charge in [0.05, 0.1) is 5.58 Å². The van der Waals surface area contributed by atoms with E-state index in [2.05, 4.69) is 22.1 Å². The van der Waals surface area contributed by atoms with Crippen molar-refractivity contribution in [2.45, 2.75) is 27.4 Å². The molecule has 4 heteroatoms. The molecule has 0 unspecified atom stereocenters. The Labute approximate surface area is 265 Å². The van der Waals surface area contributed by atoms with Gasteiger partial charge in [0.2, 0.25) is 0 Å². The summed E-state index contributed by atoms with van der Waals surface area (Å²) in [4.78, 5) is 8.35. The fourth-order valence-corrected chi connectivity index (χ4v) is 4.44. The van der Waals surface area contributed by atoms with E-state index in [1.165, 1.54) is 18.3 Å². The molecular formula is C36H28IrN2O-2. The topological polar surface area (TPSA) is 38.9 Å². The molecule has 3 aromatic heterocycles. The third-order valence-electron chi connectivity index (χ3n) is 6.35.